The van der Waals surface area contributed by atoms with Crippen LogP contribution in [0.15, 0.2) is 46.9 Å². The molecular formula is C14H13BrClN. The second-order valence-electron chi connectivity index (χ2n) is 3.91. The molecule has 0 saturated carbocycles. The molecule has 3 heteroatoms. The molecule has 1 nitrogen and oxygen atoms in total. The highest BCUT2D eigenvalue weighted by atomic mass is 79.9. The van der Waals surface area contributed by atoms with Crippen LogP contribution in [0.25, 0.3) is 0 Å². The topological polar surface area (TPSA) is 12.0 Å². The lowest BCUT2D eigenvalue weighted by atomic mass is 10.2. The fraction of sp³-hybridized carbons (Fsp3) is 0.143. The minimum atomic E-state index is 0.766. The number of para-hydroxylation sites is 1. The van der Waals surface area contributed by atoms with Crippen LogP contribution in [0, 0.1) is 6.92 Å². The molecule has 0 bridgehead atoms. The number of hydrogen-bond donors (Lipinski definition) is 1. The number of anilines is 1. The fourth-order valence-corrected chi connectivity index (χ4v) is 2.20. The second-order valence-corrected chi connectivity index (χ2v) is 5.23. The summed E-state index contributed by atoms with van der Waals surface area (Å²) in [5, 5.41) is 4.14. The fourth-order valence-electron chi connectivity index (χ4n) is 1.65. The Kier molecular flexibility index (Phi) is 4.08. The maximum Gasteiger partial charge on any atom is 0.0640 e. The van der Waals surface area contributed by atoms with Crippen molar-refractivity contribution in [2.45, 2.75) is 13.5 Å². The van der Waals surface area contributed by atoms with Gasteiger partial charge in [-0.15, -0.1) is 0 Å². The molecule has 0 fully saturated rings. The summed E-state index contributed by atoms with van der Waals surface area (Å²) in [5.74, 6) is 0. The standard InChI is InChI=1S/C14H13BrClN/c1-10-3-2-4-13(16)14(10)17-9-11-5-7-12(15)8-6-11/h2-8,17H,9H2,1H3. The first kappa shape index (κ1) is 12.5. The highest BCUT2D eigenvalue weighted by molar-refractivity contribution is 9.10. The van der Waals surface area contributed by atoms with Gasteiger partial charge in [0, 0.05) is 11.0 Å². The molecule has 0 unspecified atom stereocenters. The zero-order chi connectivity index (χ0) is 12.3. The van der Waals surface area contributed by atoms with Gasteiger partial charge in [0.2, 0.25) is 0 Å². The van der Waals surface area contributed by atoms with Gasteiger partial charge in [-0.2, -0.15) is 0 Å². The van der Waals surface area contributed by atoms with Gasteiger partial charge in [-0.25, -0.2) is 0 Å². The minimum absolute atomic E-state index is 0.766. The lowest BCUT2D eigenvalue weighted by Crippen LogP contribution is -2.01. The Morgan fingerprint density at radius 1 is 1.12 bits per heavy atom. The molecule has 2 aromatic rings. The van der Waals surface area contributed by atoms with E-state index in [0.717, 1.165) is 27.3 Å². The van der Waals surface area contributed by atoms with Crippen molar-refractivity contribution in [3.8, 4) is 0 Å². The Morgan fingerprint density at radius 3 is 2.47 bits per heavy atom. The maximum atomic E-state index is 6.15. The average molecular weight is 311 g/mol. The number of rotatable bonds is 3. The van der Waals surface area contributed by atoms with Gasteiger partial charge < -0.3 is 5.32 Å². The number of hydrogen-bond acceptors (Lipinski definition) is 1. The van der Waals surface area contributed by atoms with Crippen LogP contribution in [0.5, 0.6) is 0 Å². The van der Waals surface area contributed by atoms with Gasteiger partial charge in [0.1, 0.15) is 0 Å². The van der Waals surface area contributed by atoms with Gasteiger partial charge in [0.25, 0.3) is 0 Å². The smallest absolute Gasteiger partial charge is 0.0640 e. The molecule has 0 spiro atoms. The van der Waals surface area contributed by atoms with E-state index >= 15 is 0 Å². The molecule has 0 amide bonds. The first-order chi connectivity index (χ1) is 8.16. The van der Waals surface area contributed by atoms with E-state index in [2.05, 4.69) is 46.4 Å². The Hall–Kier alpha value is -0.990. The van der Waals surface area contributed by atoms with E-state index < -0.39 is 0 Å². The Morgan fingerprint density at radius 2 is 1.82 bits per heavy atom. The molecule has 0 aromatic heterocycles. The molecule has 0 heterocycles. The summed E-state index contributed by atoms with van der Waals surface area (Å²) in [7, 11) is 0. The molecule has 2 rings (SSSR count). The van der Waals surface area contributed by atoms with Crippen LogP contribution >= 0.6 is 27.5 Å². The molecule has 17 heavy (non-hydrogen) atoms. The normalized spacial score (nSPS) is 10.3. The van der Waals surface area contributed by atoms with Crippen LogP contribution in [0.2, 0.25) is 5.02 Å². The average Bonchev–Trinajstić information content (AvgIpc) is 2.31. The number of nitrogens with one attached hydrogen (secondary N) is 1. The number of halogens is 2. The molecule has 0 saturated heterocycles. The first-order valence-corrected chi connectivity index (χ1v) is 6.57. The van der Waals surface area contributed by atoms with E-state index in [1.54, 1.807) is 0 Å². The van der Waals surface area contributed by atoms with Gasteiger partial charge in [0.05, 0.1) is 10.7 Å². The molecule has 0 atom stereocenters. The third kappa shape index (κ3) is 3.24. The second kappa shape index (κ2) is 5.56. The third-order valence-corrected chi connectivity index (χ3v) is 3.45. The van der Waals surface area contributed by atoms with E-state index in [-0.39, 0.29) is 0 Å². The molecule has 88 valence electrons. The van der Waals surface area contributed by atoms with Crippen LogP contribution in [0.1, 0.15) is 11.1 Å². The molecular weight excluding hydrogens is 298 g/mol. The predicted molar refractivity (Wildman–Crippen MR) is 77.7 cm³/mol. The lowest BCUT2D eigenvalue weighted by Gasteiger charge is -2.11. The summed E-state index contributed by atoms with van der Waals surface area (Å²) in [6, 6.07) is 14.2. The van der Waals surface area contributed by atoms with E-state index in [9.17, 15) is 0 Å². The lowest BCUT2D eigenvalue weighted by molar-refractivity contribution is 1.14. The van der Waals surface area contributed by atoms with Crippen molar-refractivity contribution in [2.75, 3.05) is 5.32 Å². The van der Waals surface area contributed by atoms with Gasteiger partial charge in [-0.1, -0.05) is 51.8 Å². The SMILES string of the molecule is Cc1cccc(Cl)c1NCc1ccc(Br)cc1. The van der Waals surface area contributed by atoms with Gasteiger partial charge >= 0.3 is 0 Å². The van der Waals surface area contributed by atoms with Crippen LogP contribution in [-0.2, 0) is 6.54 Å². The van der Waals surface area contributed by atoms with Crippen molar-refractivity contribution >= 4 is 33.2 Å². The monoisotopic (exact) mass is 309 g/mol. The van der Waals surface area contributed by atoms with Crippen LogP contribution in [0.4, 0.5) is 5.69 Å². The first-order valence-electron chi connectivity index (χ1n) is 5.40. The van der Waals surface area contributed by atoms with E-state index in [0.29, 0.717) is 0 Å². The quantitative estimate of drug-likeness (QED) is 0.839. The maximum absolute atomic E-state index is 6.15. The van der Waals surface area contributed by atoms with Gasteiger partial charge in [-0.3, -0.25) is 0 Å². The van der Waals surface area contributed by atoms with Crippen molar-refractivity contribution in [3.05, 3.63) is 63.1 Å². The molecule has 0 aliphatic rings. The number of aryl methyl sites for hydroxylation is 1. The molecule has 0 aliphatic heterocycles. The molecule has 0 aliphatic carbocycles. The van der Waals surface area contributed by atoms with Gasteiger partial charge in [-0.05, 0) is 36.2 Å². The number of benzene rings is 2. The highest BCUT2D eigenvalue weighted by Crippen LogP contribution is 2.25. The molecule has 0 radical (unpaired) electrons. The van der Waals surface area contributed by atoms with Crippen molar-refractivity contribution in [1.82, 2.24) is 0 Å². The summed E-state index contributed by atoms with van der Waals surface area (Å²) in [6.45, 7) is 2.83. The zero-order valence-corrected chi connectivity index (χ0v) is 11.8. The van der Waals surface area contributed by atoms with E-state index in [1.807, 2.05) is 24.3 Å². The van der Waals surface area contributed by atoms with Crippen LogP contribution in [0.3, 0.4) is 0 Å². The van der Waals surface area contributed by atoms with E-state index in [4.69, 9.17) is 11.6 Å². The summed E-state index contributed by atoms with van der Waals surface area (Å²) in [5.41, 5.74) is 3.40. The summed E-state index contributed by atoms with van der Waals surface area (Å²) in [4.78, 5) is 0. The predicted octanol–water partition coefficient (Wildman–Crippen LogP) is 5.02. The van der Waals surface area contributed by atoms with E-state index in [1.165, 1.54) is 5.56 Å². The zero-order valence-electron chi connectivity index (χ0n) is 9.50. The van der Waals surface area contributed by atoms with Crippen molar-refractivity contribution < 1.29 is 0 Å². The molecule has 2 aromatic carbocycles. The Bertz CT molecular complexity index is 488. The highest BCUT2D eigenvalue weighted by Gasteiger charge is 2.02. The van der Waals surface area contributed by atoms with Crippen LogP contribution < -0.4 is 5.32 Å². The molecule has 1 N–H and O–H groups in total. The van der Waals surface area contributed by atoms with Crippen molar-refractivity contribution in [2.24, 2.45) is 0 Å². The Balaban J connectivity index is 2.10. The minimum Gasteiger partial charge on any atom is -0.380 e. The summed E-state index contributed by atoms with van der Waals surface area (Å²) in [6.07, 6.45) is 0. The van der Waals surface area contributed by atoms with Gasteiger partial charge in [0.15, 0.2) is 0 Å². The van der Waals surface area contributed by atoms with Crippen molar-refractivity contribution in [1.29, 1.82) is 0 Å². The largest absolute Gasteiger partial charge is 0.380 e. The van der Waals surface area contributed by atoms with Crippen molar-refractivity contribution in [3.63, 3.8) is 0 Å². The summed E-state index contributed by atoms with van der Waals surface area (Å²) >= 11 is 9.57. The van der Waals surface area contributed by atoms with Crippen LogP contribution in [-0.4, -0.2) is 0 Å². The Labute approximate surface area is 115 Å². The summed E-state index contributed by atoms with van der Waals surface area (Å²) < 4.78 is 1.09. The third-order valence-electron chi connectivity index (χ3n) is 2.60.